The predicted octanol–water partition coefficient (Wildman–Crippen LogP) is 3.69. The van der Waals surface area contributed by atoms with Gasteiger partial charge in [0.15, 0.2) is 0 Å². The molecule has 0 saturated heterocycles. The molecular weight excluding hydrogens is 304 g/mol. The summed E-state index contributed by atoms with van der Waals surface area (Å²) < 4.78 is 9.81. The highest BCUT2D eigenvalue weighted by atomic mass is 16.5. The summed E-state index contributed by atoms with van der Waals surface area (Å²) in [7, 11) is 1.30. The zero-order valence-corrected chi connectivity index (χ0v) is 14.7. The Hall–Kier alpha value is -2.76. The second-order valence-corrected chi connectivity index (χ2v) is 5.95. The molecule has 0 aliphatic carbocycles. The molecule has 0 atom stereocenters. The van der Waals surface area contributed by atoms with E-state index in [9.17, 15) is 9.59 Å². The van der Waals surface area contributed by atoms with E-state index in [4.69, 9.17) is 9.47 Å². The molecule has 0 fully saturated rings. The minimum absolute atomic E-state index is 0.211. The van der Waals surface area contributed by atoms with E-state index in [0.29, 0.717) is 11.1 Å². The van der Waals surface area contributed by atoms with Crippen molar-refractivity contribution in [2.24, 2.45) is 5.41 Å². The molecule has 0 aliphatic rings. The molecule has 0 heterocycles. The summed E-state index contributed by atoms with van der Waals surface area (Å²) in [5, 5.41) is 0. The van der Waals surface area contributed by atoms with Gasteiger partial charge in [0, 0.05) is 5.41 Å². The van der Waals surface area contributed by atoms with Crippen LogP contribution in [0.15, 0.2) is 53.1 Å². The molecule has 0 N–H and O–H groups in total. The third-order valence-corrected chi connectivity index (χ3v) is 3.06. The molecular formula is C20H22O4. The van der Waals surface area contributed by atoms with E-state index >= 15 is 0 Å². The van der Waals surface area contributed by atoms with E-state index in [2.05, 4.69) is 17.2 Å². The van der Waals surface area contributed by atoms with Gasteiger partial charge in [-0.2, -0.15) is 0 Å². The third-order valence-electron chi connectivity index (χ3n) is 3.06. The van der Waals surface area contributed by atoms with Crippen molar-refractivity contribution in [2.75, 3.05) is 13.7 Å². The lowest BCUT2D eigenvalue weighted by Crippen LogP contribution is -2.19. The Balaban J connectivity index is 3.59. The van der Waals surface area contributed by atoms with Crippen LogP contribution >= 0.6 is 0 Å². The van der Waals surface area contributed by atoms with Gasteiger partial charge in [0.1, 0.15) is 5.57 Å². The van der Waals surface area contributed by atoms with Gasteiger partial charge in [-0.05, 0) is 29.7 Å². The Kier molecular flexibility index (Phi) is 7.04. The van der Waals surface area contributed by atoms with Crippen molar-refractivity contribution in [2.45, 2.75) is 27.7 Å². The summed E-state index contributed by atoms with van der Waals surface area (Å²) in [6.07, 6.45) is 0. The quantitative estimate of drug-likeness (QED) is 0.481. The maximum Gasteiger partial charge on any atom is 0.347 e. The monoisotopic (exact) mass is 326 g/mol. The molecule has 4 heteroatoms. The third kappa shape index (κ3) is 5.46. The lowest BCUT2D eigenvalue weighted by Gasteiger charge is -2.18. The highest BCUT2D eigenvalue weighted by Gasteiger charge is 2.24. The van der Waals surface area contributed by atoms with Gasteiger partial charge < -0.3 is 9.47 Å². The van der Waals surface area contributed by atoms with Crippen LogP contribution in [0.2, 0.25) is 0 Å². The van der Waals surface area contributed by atoms with Crippen molar-refractivity contribution in [3.05, 3.63) is 58.7 Å². The maximum absolute atomic E-state index is 12.0. The van der Waals surface area contributed by atoms with Crippen molar-refractivity contribution >= 4 is 17.5 Å². The van der Waals surface area contributed by atoms with Gasteiger partial charge >= 0.3 is 11.9 Å². The maximum atomic E-state index is 12.0. The molecule has 1 aromatic carbocycles. The minimum Gasteiger partial charge on any atom is -0.465 e. The van der Waals surface area contributed by atoms with Gasteiger partial charge in [0.25, 0.3) is 0 Å². The molecule has 1 aromatic rings. The van der Waals surface area contributed by atoms with Gasteiger partial charge in [0.2, 0.25) is 0 Å². The first-order chi connectivity index (χ1) is 11.3. The first-order valence-electron chi connectivity index (χ1n) is 7.63. The number of methoxy groups -OCH3 is 1. The summed E-state index contributed by atoms with van der Waals surface area (Å²) >= 11 is 0. The summed E-state index contributed by atoms with van der Waals surface area (Å²) in [4.78, 5) is 24.0. The Morgan fingerprint density at radius 3 is 2.17 bits per heavy atom. The van der Waals surface area contributed by atoms with Gasteiger partial charge in [0.05, 0.1) is 19.3 Å². The van der Waals surface area contributed by atoms with E-state index in [1.807, 2.05) is 26.8 Å². The van der Waals surface area contributed by atoms with Gasteiger partial charge in [-0.15, -0.1) is 0 Å². The molecule has 126 valence electrons. The van der Waals surface area contributed by atoms with E-state index in [1.54, 1.807) is 31.2 Å². The number of rotatable bonds is 4. The van der Waals surface area contributed by atoms with Crippen molar-refractivity contribution in [1.82, 2.24) is 0 Å². The van der Waals surface area contributed by atoms with Gasteiger partial charge in [-0.3, -0.25) is 0 Å². The van der Waals surface area contributed by atoms with E-state index in [1.165, 1.54) is 7.11 Å². The summed E-state index contributed by atoms with van der Waals surface area (Å²) in [5.74, 6) is -0.998. The molecule has 4 nitrogen and oxygen atoms in total. The first kappa shape index (κ1) is 19.3. The Morgan fingerprint density at radius 1 is 1.04 bits per heavy atom. The van der Waals surface area contributed by atoms with Gasteiger partial charge in [-0.25, -0.2) is 9.59 Å². The predicted molar refractivity (Wildman–Crippen MR) is 92.0 cm³/mol. The lowest BCUT2D eigenvalue weighted by atomic mass is 9.87. The van der Waals surface area contributed by atoms with Crippen LogP contribution in [0, 0.1) is 5.41 Å². The molecule has 0 radical (unpaired) electrons. The SMILES string of the molecule is CCOC(=O)C(=C=C=C=C(C(=O)OC)c1ccccc1)C(C)(C)C. The van der Waals surface area contributed by atoms with Crippen molar-refractivity contribution in [3.63, 3.8) is 0 Å². The number of benzene rings is 1. The molecule has 24 heavy (non-hydrogen) atoms. The fourth-order valence-electron chi connectivity index (χ4n) is 1.85. The summed E-state index contributed by atoms with van der Waals surface area (Å²) in [6, 6.07) is 8.98. The second kappa shape index (κ2) is 8.76. The van der Waals surface area contributed by atoms with Crippen molar-refractivity contribution in [1.29, 1.82) is 0 Å². The van der Waals surface area contributed by atoms with Crippen LogP contribution in [0.25, 0.3) is 5.57 Å². The normalized spacial score (nSPS) is 9.88. The van der Waals surface area contributed by atoms with Crippen LogP contribution < -0.4 is 0 Å². The molecule has 0 bridgehead atoms. The van der Waals surface area contributed by atoms with Crippen molar-refractivity contribution < 1.29 is 19.1 Å². The van der Waals surface area contributed by atoms with E-state index in [-0.39, 0.29) is 12.2 Å². The van der Waals surface area contributed by atoms with Crippen LogP contribution in [-0.4, -0.2) is 25.7 Å². The molecule has 0 aromatic heterocycles. The largest absolute Gasteiger partial charge is 0.465 e. The summed E-state index contributed by atoms with van der Waals surface area (Å²) in [6.45, 7) is 7.63. The number of carbonyl (C=O) groups excluding carboxylic acids is 2. The Morgan fingerprint density at radius 2 is 1.67 bits per heavy atom. The summed E-state index contributed by atoms with van der Waals surface area (Å²) in [5.41, 5.74) is 8.90. The smallest absolute Gasteiger partial charge is 0.347 e. The van der Waals surface area contributed by atoms with Gasteiger partial charge in [-0.1, -0.05) is 51.1 Å². The Bertz CT molecular complexity index is 732. The molecule has 0 amide bonds. The molecule has 0 aliphatic heterocycles. The average molecular weight is 326 g/mol. The highest BCUT2D eigenvalue weighted by molar-refractivity contribution is 6.16. The lowest BCUT2D eigenvalue weighted by molar-refractivity contribution is -0.139. The Labute approximate surface area is 142 Å². The first-order valence-corrected chi connectivity index (χ1v) is 7.63. The number of hydrogen-bond acceptors (Lipinski definition) is 4. The molecule has 0 unspecified atom stereocenters. The zero-order valence-electron chi connectivity index (χ0n) is 14.7. The van der Waals surface area contributed by atoms with Crippen LogP contribution in [0.3, 0.4) is 0 Å². The highest BCUT2D eigenvalue weighted by Crippen LogP contribution is 2.25. The van der Waals surface area contributed by atoms with Crippen LogP contribution in [0.4, 0.5) is 0 Å². The molecule has 0 spiro atoms. The fourth-order valence-corrected chi connectivity index (χ4v) is 1.85. The topological polar surface area (TPSA) is 52.6 Å². The average Bonchev–Trinajstić information content (AvgIpc) is 2.54. The number of esters is 2. The van der Waals surface area contributed by atoms with E-state index in [0.717, 1.165) is 0 Å². The zero-order chi connectivity index (χ0) is 18.2. The minimum atomic E-state index is -0.538. The number of ether oxygens (including phenoxy) is 2. The number of carbonyl (C=O) groups is 2. The van der Waals surface area contributed by atoms with Crippen LogP contribution in [0.5, 0.6) is 0 Å². The second-order valence-electron chi connectivity index (χ2n) is 5.95. The molecule has 0 saturated carbocycles. The van der Waals surface area contributed by atoms with Crippen LogP contribution in [-0.2, 0) is 19.1 Å². The standard InChI is InChI=1S/C20H22O4/c1-6-24-19(22)17(20(2,3)4)14-10-13-16(18(21)23-5)15-11-8-7-9-12-15/h7-9,11-12H,6H2,1-5H3. The number of hydrogen-bond donors (Lipinski definition) is 0. The van der Waals surface area contributed by atoms with E-state index < -0.39 is 17.4 Å². The fraction of sp³-hybridized carbons (Fsp3) is 0.350. The van der Waals surface area contributed by atoms with Crippen molar-refractivity contribution in [3.8, 4) is 0 Å². The van der Waals surface area contributed by atoms with Crippen LogP contribution in [0.1, 0.15) is 33.3 Å². The molecule has 1 rings (SSSR count).